The Bertz CT molecular complexity index is 392. The van der Waals surface area contributed by atoms with Crippen LogP contribution in [-0.2, 0) is 6.54 Å². The standard InChI is InChI=1S/C14H24N4/c1-2-8-18-11-16-17-13(18)12-9-15-10-14(12)6-4-3-5-7-14/h11-12,15H,2-10H2,1H3. The fourth-order valence-electron chi connectivity index (χ4n) is 3.90. The minimum absolute atomic E-state index is 0.469. The predicted octanol–water partition coefficient (Wildman–Crippen LogP) is 2.33. The van der Waals surface area contributed by atoms with Crippen LogP contribution in [0, 0.1) is 5.41 Å². The summed E-state index contributed by atoms with van der Waals surface area (Å²) in [5.74, 6) is 1.80. The molecule has 2 aliphatic rings. The summed E-state index contributed by atoms with van der Waals surface area (Å²) >= 11 is 0. The minimum atomic E-state index is 0.469. The second kappa shape index (κ2) is 5.00. The maximum Gasteiger partial charge on any atom is 0.137 e. The average molecular weight is 248 g/mol. The van der Waals surface area contributed by atoms with Gasteiger partial charge in [0.25, 0.3) is 0 Å². The lowest BCUT2D eigenvalue weighted by Gasteiger charge is -2.37. The number of hydrogen-bond donors (Lipinski definition) is 1. The molecule has 3 rings (SSSR count). The molecule has 1 aromatic rings. The highest BCUT2D eigenvalue weighted by molar-refractivity contribution is 5.12. The van der Waals surface area contributed by atoms with Crippen molar-refractivity contribution in [2.75, 3.05) is 13.1 Å². The quantitative estimate of drug-likeness (QED) is 0.892. The van der Waals surface area contributed by atoms with Crippen LogP contribution >= 0.6 is 0 Å². The first-order valence-electron chi connectivity index (χ1n) is 7.44. The van der Waals surface area contributed by atoms with Gasteiger partial charge in [0, 0.05) is 25.6 Å². The number of nitrogens with zero attached hydrogens (tertiary/aromatic N) is 3. The van der Waals surface area contributed by atoms with Gasteiger partial charge in [0.05, 0.1) is 0 Å². The van der Waals surface area contributed by atoms with Gasteiger partial charge in [0.1, 0.15) is 12.2 Å². The van der Waals surface area contributed by atoms with Gasteiger partial charge in [-0.2, -0.15) is 0 Å². The lowest BCUT2D eigenvalue weighted by atomic mass is 9.67. The zero-order chi connectivity index (χ0) is 12.4. The first-order chi connectivity index (χ1) is 8.86. The zero-order valence-electron chi connectivity index (χ0n) is 11.4. The molecule has 0 bridgehead atoms. The van der Waals surface area contributed by atoms with Crippen LogP contribution in [0.1, 0.15) is 57.2 Å². The third-order valence-electron chi connectivity index (χ3n) is 4.84. The van der Waals surface area contributed by atoms with Gasteiger partial charge in [-0.25, -0.2) is 0 Å². The largest absolute Gasteiger partial charge is 0.317 e. The number of aryl methyl sites for hydroxylation is 1. The van der Waals surface area contributed by atoms with Gasteiger partial charge in [0.2, 0.25) is 0 Å². The number of nitrogens with one attached hydrogen (secondary N) is 1. The van der Waals surface area contributed by atoms with E-state index < -0.39 is 0 Å². The molecule has 1 saturated carbocycles. The highest BCUT2D eigenvalue weighted by Crippen LogP contribution is 2.48. The molecule has 1 atom stereocenters. The van der Waals surface area contributed by atoms with Crippen LogP contribution in [0.2, 0.25) is 0 Å². The van der Waals surface area contributed by atoms with E-state index in [2.05, 4.69) is 27.0 Å². The summed E-state index contributed by atoms with van der Waals surface area (Å²) in [5.41, 5.74) is 0.469. The molecule has 4 nitrogen and oxygen atoms in total. The summed E-state index contributed by atoms with van der Waals surface area (Å²) < 4.78 is 2.27. The van der Waals surface area contributed by atoms with Gasteiger partial charge >= 0.3 is 0 Å². The summed E-state index contributed by atoms with van der Waals surface area (Å²) in [6.45, 7) is 5.53. The van der Waals surface area contributed by atoms with E-state index >= 15 is 0 Å². The zero-order valence-corrected chi connectivity index (χ0v) is 11.4. The minimum Gasteiger partial charge on any atom is -0.317 e. The topological polar surface area (TPSA) is 42.7 Å². The Morgan fingerprint density at radius 3 is 3.00 bits per heavy atom. The lowest BCUT2D eigenvalue weighted by Crippen LogP contribution is -2.32. The van der Waals surface area contributed by atoms with Crippen molar-refractivity contribution in [1.29, 1.82) is 0 Å². The van der Waals surface area contributed by atoms with Crippen molar-refractivity contribution in [2.24, 2.45) is 5.41 Å². The predicted molar refractivity (Wildman–Crippen MR) is 71.4 cm³/mol. The molecule has 100 valence electrons. The normalized spacial score (nSPS) is 26.8. The van der Waals surface area contributed by atoms with Crippen molar-refractivity contribution in [3.05, 3.63) is 12.2 Å². The van der Waals surface area contributed by atoms with Crippen LogP contribution in [-0.4, -0.2) is 27.9 Å². The fourth-order valence-corrected chi connectivity index (χ4v) is 3.90. The van der Waals surface area contributed by atoms with Crippen LogP contribution in [0.25, 0.3) is 0 Å². The Morgan fingerprint density at radius 2 is 2.22 bits per heavy atom. The molecule has 1 saturated heterocycles. The molecule has 1 aromatic heterocycles. The number of rotatable bonds is 3. The fraction of sp³-hybridized carbons (Fsp3) is 0.857. The van der Waals surface area contributed by atoms with Crippen LogP contribution in [0.3, 0.4) is 0 Å². The summed E-state index contributed by atoms with van der Waals surface area (Å²) in [6.07, 6.45) is 9.98. The van der Waals surface area contributed by atoms with Crippen molar-refractivity contribution >= 4 is 0 Å². The summed E-state index contributed by atoms with van der Waals surface area (Å²) in [5, 5.41) is 12.2. The van der Waals surface area contributed by atoms with E-state index in [1.165, 1.54) is 44.5 Å². The molecule has 1 N–H and O–H groups in total. The second-order valence-electron chi connectivity index (χ2n) is 5.99. The maximum absolute atomic E-state index is 4.44. The molecular weight excluding hydrogens is 224 g/mol. The highest BCUT2D eigenvalue weighted by Gasteiger charge is 2.45. The summed E-state index contributed by atoms with van der Waals surface area (Å²) in [7, 11) is 0. The van der Waals surface area contributed by atoms with Crippen LogP contribution in [0.5, 0.6) is 0 Å². The van der Waals surface area contributed by atoms with Crippen LogP contribution in [0.4, 0.5) is 0 Å². The molecule has 1 aliphatic heterocycles. The Labute approximate surface area is 109 Å². The van der Waals surface area contributed by atoms with Gasteiger partial charge in [0.15, 0.2) is 0 Å². The van der Waals surface area contributed by atoms with Crippen molar-refractivity contribution in [1.82, 2.24) is 20.1 Å². The van der Waals surface area contributed by atoms with Gasteiger partial charge in [-0.15, -0.1) is 10.2 Å². The molecular formula is C14H24N4. The molecule has 1 spiro atoms. The van der Waals surface area contributed by atoms with E-state index in [9.17, 15) is 0 Å². The Hall–Kier alpha value is -0.900. The molecule has 0 aromatic carbocycles. The molecule has 18 heavy (non-hydrogen) atoms. The average Bonchev–Trinajstić information content (AvgIpc) is 2.98. The lowest BCUT2D eigenvalue weighted by molar-refractivity contribution is 0.182. The number of hydrogen-bond acceptors (Lipinski definition) is 3. The third-order valence-corrected chi connectivity index (χ3v) is 4.84. The molecule has 1 aliphatic carbocycles. The van der Waals surface area contributed by atoms with E-state index in [0.717, 1.165) is 19.5 Å². The van der Waals surface area contributed by atoms with E-state index in [-0.39, 0.29) is 0 Å². The van der Waals surface area contributed by atoms with Gasteiger partial charge in [-0.3, -0.25) is 0 Å². The van der Waals surface area contributed by atoms with Crippen LogP contribution < -0.4 is 5.32 Å². The van der Waals surface area contributed by atoms with E-state index in [4.69, 9.17) is 0 Å². The van der Waals surface area contributed by atoms with Gasteiger partial charge in [-0.1, -0.05) is 26.2 Å². The summed E-state index contributed by atoms with van der Waals surface area (Å²) in [6, 6.07) is 0. The van der Waals surface area contributed by atoms with Crippen molar-refractivity contribution in [2.45, 2.75) is 57.9 Å². The first kappa shape index (κ1) is 12.2. The Morgan fingerprint density at radius 1 is 1.39 bits per heavy atom. The maximum atomic E-state index is 4.44. The SMILES string of the molecule is CCCn1cnnc1C1CNCC12CCCCC2. The van der Waals surface area contributed by atoms with Crippen molar-refractivity contribution in [3.8, 4) is 0 Å². The van der Waals surface area contributed by atoms with E-state index in [1.54, 1.807) is 0 Å². The van der Waals surface area contributed by atoms with Crippen molar-refractivity contribution in [3.63, 3.8) is 0 Å². The third kappa shape index (κ3) is 1.96. The second-order valence-corrected chi connectivity index (χ2v) is 5.99. The summed E-state index contributed by atoms with van der Waals surface area (Å²) in [4.78, 5) is 0. The van der Waals surface area contributed by atoms with E-state index in [0.29, 0.717) is 11.3 Å². The molecule has 2 heterocycles. The Kier molecular flexibility index (Phi) is 3.37. The first-order valence-corrected chi connectivity index (χ1v) is 7.44. The highest BCUT2D eigenvalue weighted by atomic mass is 15.3. The molecule has 1 unspecified atom stereocenters. The van der Waals surface area contributed by atoms with Gasteiger partial charge < -0.3 is 9.88 Å². The molecule has 0 amide bonds. The smallest absolute Gasteiger partial charge is 0.137 e. The number of aromatic nitrogens is 3. The van der Waals surface area contributed by atoms with Gasteiger partial charge in [-0.05, 0) is 24.7 Å². The monoisotopic (exact) mass is 248 g/mol. The van der Waals surface area contributed by atoms with Crippen molar-refractivity contribution < 1.29 is 0 Å². The molecule has 2 fully saturated rings. The van der Waals surface area contributed by atoms with E-state index in [1.807, 2.05) is 6.33 Å². The van der Waals surface area contributed by atoms with Crippen LogP contribution in [0.15, 0.2) is 6.33 Å². The Balaban J connectivity index is 1.87. The molecule has 4 heteroatoms. The molecule has 0 radical (unpaired) electrons.